The maximum atomic E-state index is 8.89. The Balaban J connectivity index is 0.000000310. The first-order valence-electron chi connectivity index (χ1n) is 5.05. The van der Waals surface area contributed by atoms with Crippen molar-refractivity contribution in [3.8, 4) is 0 Å². The average molecular weight is 187 g/mol. The summed E-state index contributed by atoms with van der Waals surface area (Å²) in [6.45, 7) is 6.09. The van der Waals surface area contributed by atoms with Crippen molar-refractivity contribution in [2.75, 3.05) is 20.1 Å². The first-order valence-corrected chi connectivity index (χ1v) is 5.05. The van der Waals surface area contributed by atoms with Crippen LogP contribution in [-0.2, 0) is 4.79 Å². The summed E-state index contributed by atoms with van der Waals surface area (Å²) in [5.41, 5.74) is 0. The van der Waals surface area contributed by atoms with Gasteiger partial charge >= 0.3 is 0 Å². The SMILES string of the molecule is CC(=O)[O-].CCCC1CC[NH+](C)C1. The summed E-state index contributed by atoms with van der Waals surface area (Å²) in [6, 6.07) is 0. The standard InChI is InChI=1S/C8H17N.C2H4O2/c1-3-4-8-5-6-9(2)7-8;1-2(3)4/h8H,3-7H2,1-2H3;1H3,(H,3,4). The lowest BCUT2D eigenvalue weighted by molar-refractivity contribution is -0.867. The van der Waals surface area contributed by atoms with Gasteiger partial charge in [-0.3, -0.25) is 0 Å². The summed E-state index contributed by atoms with van der Waals surface area (Å²) >= 11 is 0. The Hall–Kier alpha value is -0.570. The molecule has 1 rings (SSSR count). The quantitative estimate of drug-likeness (QED) is 0.607. The molecule has 1 fully saturated rings. The Morgan fingerprint density at radius 2 is 2.15 bits per heavy atom. The predicted octanol–water partition coefficient (Wildman–Crippen LogP) is -0.923. The topological polar surface area (TPSA) is 44.6 Å². The maximum absolute atomic E-state index is 8.89. The molecule has 78 valence electrons. The molecular formula is C10H21NO2. The highest BCUT2D eigenvalue weighted by Gasteiger charge is 2.21. The molecule has 1 saturated heterocycles. The molecule has 0 spiro atoms. The number of carbonyl (C=O) groups is 1. The second kappa shape index (κ2) is 6.89. The van der Waals surface area contributed by atoms with Crippen molar-refractivity contribution in [2.45, 2.75) is 33.1 Å². The van der Waals surface area contributed by atoms with E-state index in [0.717, 1.165) is 12.8 Å². The Morgan fingerprint density at radius 1 is 1.62 bits per heavy atom. The predicted molar refractivity (Wildman–Crippen MR) is 50.3 cm³/mol. The number of likely N-dealkylation sites (tertiary alicyclic amines) is 1. The highest BCUT2D eigenvalue weighted by Crippen LogP contribution is 2.10. The van der Waals surface area contributed by atoms with Crippen LogP contribution in [0.5, 0.6) is 0 Å². The fraction of sp³-hybridized carbons (Fsp3) is 0.900. The zero-order chi connectivity index (χ0) is 10.3. The number of carbonyl (C=O) groups excluding carboxylic acids is 1. The number of rotatable bonds is 2. The largest absolute Gasteiger partial charge is 0.550 e. The Labute approximate surface area is 80.7 Å². The van der Waals surface area contributed by atoms with Crippen LogP contribution in [-0.4, -0.2) is 26.1 Å². The molecule has 0 saturated carbocycles. The molecule has 1 aliphatic rings. The summed E-state index contributed by atoms with van der Waals surface area (Å²) in [7, 11) is 2.30. The third kappa shape index (κ3) is 7.78. The van der Waals surface area contributed by atoms with Crippen LogP contribution in [0.4, 0.5) is 0 Å². The summed E-state index contributed by atoms with van der Waals surface area (Å²) in [5.74, 6) is -0.0324. The van der Waals surface area contributed by atoms with Gasteiger partial charge in [0.15, 0.2) is 0 Å². The fourth-order valence-electron chi connectivity index (χ4n) is 1.80. The van der Waals surface area contributed by atoms with Gasteiger partial charge in [-0.25, -0.2) is 0 Å². The highest BCUT2D eigenvalue weighted by atomic mass is 16.4. The van der Waals surface area contributed by atoms with E-state index in [-0.39, 0.29) is 0 Å². The number of hydrogen-bond acceptors (Lipinski definition) is 2. The van der Waals surface area contributed by atoms with E-state index in [2.05, 4.69) is 14.0 Å². The normalized spacial score (nSPS) is 26.4. The highest BCUT2D eigenvalue weighted by molar-refractivity contribution is 5.60. The molecule has 1 N–H and O–H groups in total. The zero-order valence-corrected chi connectivity index (χ0v) is 8.93. The van der Waals surface area contributed by atoms with Gasteiger partial charge in [-0.05, 0) is 13.3 Å². The fourth-order valence-corrected chi connectivity index (χ4v) is 1.80. The number of carboxylic acid groups (broad SMARTS) is 1. The number of hydrogen-bond donors (Lipinski definition) is 1. The monoisotopic (exact) mass is 187 g/mol. The summed E-state index contributed by atoms with van der Waals surface area (Å²) in [6.07, 6.45) is 4.30. The Bertz CT molecular complexity index is 142. The van der Waals surface area contributed by atoms with E-state index in [1.165, 1.54) is 32.4 Å². The van der Waals surface area contributed by atoms with Gasteiger partial charge in [-0.2, -0.15) is 0 Å². The lowest BCUT2D eigenvalue weighted by atomic mass is 10.0. The second-order valence-electron chi connectivity index (χ2n) is 3.85. The van der Waals surface area contributed by atoms with E-state index < -0.39 is 5.97 Å². The Kier molecular flexibility index (Phi) is 6.59. The molecule has 2 atom stereocenters. The van der Waals surface area contributed by atoms with Crippen LogP contribution < -0.4 is 10.0 Å². The number of nitrogens with one attached hydrogen (secondary N) is 1. The van der Waals surface area contributed by atoms with Crippen LogP contribution in [0.1, 0.15) is 33.1 Å². The van der Waals surface area contributed by atoms with Gasteiger partial charge in [0.05, 0.1) is 20.1 Å². The molecule has 0 aromatic carbocycles. The van der Waals surface area contributed by atoms with E-state index in [4.69, 9.17) is 9.90 Å². The maximum Gasteiger partial charge on any atom is 0.0799 e. The number of aliphatic carboxylic acids is 1. The van der Waals surface area contributed by atoms with Crippen LogP contribution in [0.25, 0.3) is 0 Å². The third-order valence-electron chi connectivity index (χ3n) is 2.31. The van der Waals surface area contributed by atoms with Crippen molar-refractivity contribution < 1.29 is 14.8 Å². The molecule has 2 unspecified atom stereocenters. The van der Waals surface area contributed by atoms with Gasteiger partial charge in [0.2, 0.25) is 0 Å². The minimum atomic E-state index is -1.08. The van der Waals surface area contributed by atoms with Gasteiger partial charge in [0.1, 0.15) is 0 Å². The zero-order valence-electron chi connectivity index (χ0n) is 8.93. The van der Waals surface area contributed by atoms with Crippen LogP contribution in [0.15, 0.2) is 0 Å². The second-order valence-corrected chi connectivity index (χ2v) is 3.85. The van der Waals surface area contributed by atoms with Crippen LogP contribution in [0.3, 0.4) is 0 Å². The van der Waals surface area contributed by atoms with Gasteiger partial charge in [0, 0.05) is 18.3 Å². The Morgan fingerprint density at radius 3 is 2.46 bits per heavy atom. The molecule has 1 heterocycles. The van der Waals surface area contributed by atoms with E-state index in [1.807, 2.05) is 0 Å². The molecule has 0 aromatic rings. The summed E-state index contributed by atoms with van der Waals surface area (Å²) in [5, 5.41) is 8.89. The van der Waals surface area contributed by atoms with Gasteiger partial charge in [-0.1, -0.05) is 13.3 Å². The summed E-state index contributed by atoms with van der Waals surface area (Å²) in [4.78, 5) is 10.6. The van der Waals surface area contributed by atoms with Gasteiger partial charge in [-0.15, -0.1) is 0 Å². The molecule has 0 amide bonds. The molecule has 1 aliphatic heterocycles. The van der Waals surface area contributed by atoms with Crippen molar-refractivity contribution in [2.24, 2.45) is 5.92 Å². The molecule has 0 aromatic heterocycles. The van der Waals surface area contributed by atoms with Gasteiger partial charge < -0.3 is 14.8 Å². The average Bonchev–Trinajstić information content (AvgIpc) is 2.35. The van der Waals surface area contributed by atoms with Crippen LogP contribution in [0.2, 0.25) is 0 Å². The van der Waals surface area contributed by atoms with E-state index in [0.29, 0.717) is 0 Å². The van der Waals surface area contributed by atoms with Crippen molar-refractivity contribution in [1.82, 2.24) is 0 Å². The van der Waals surface area contributed by atoms with Crippen molar-refractivity contribution in [1.29, 1.82) is 0 Å². The molecular weight excluding hydrogens is 166 g/mol. The van der Waals surface area contributed by atoms with Gasteiger partial charge in [0.25, 0.3) is 0 Å². The third-order valence-corrected chi connectivity index (χ3v) is 2.31. The number of quaternary nitrogens is 1. The van der Waals surface area contributed by atoms with E-state index in [1.54, 1.807) is 4.90 Å². The molecule has 3 heteroatoms. The first-order chi connectivity index (χ1) is 6.06. The first kappa shape index (κ1) is 12.4. The van der Waals surface area contributed by atoms with Crippen molar-refractivity contribution in [3.63, 3.8) is 0 Å². The van der Waals surface area contributed by atoms with Crippen molar-refractivity contribution >= 4 is 5.97 Å². The number of carboxylic acids is 1. The van der Waals surface area contributed by atoms with E-state index >= 15 is 0 Å². The van der Waals surface area contributed by atoms with Crippen molar-refractivity contribution in [3.05, 3.63) is 0 Å². The van der Waals surface area contributed by atoms with E-state index in [9.17, 15) is 0 Å². The van der Waals surface area contributed by atoms with Crippen LogP contribution >= 0.6 is 0 Å². The molecule has 3 nitrogen and oxygen atoms in total. The molecule has 0 aliphatic carbocycles. The smallest absolute Gasteiger partial charge is 0.0799 e. The lowest BCUT2D eigenvalue weighted by Gasteiger charge is -2.04. The molecule has 0 bridgehead atoms. The minimum absolute atomic E-state index is 0.972. The minimum Gasteiger partial charge on any atom is -0.550 e. The molecule has 13 heavy (non-hydrogen) atoms. The molecule has 0 radical (unpaired) electrons. The lowest BCUT2D eigenvalue weighted by Crippen LogP contribution is -3.07. The summed E-state index contributed by atoms with van der Waals surface area (Å²) < 4.78 is 0. The van der Waals surface area contributed by atoms with Crippen LogP contribution in [0, 0.1) is 5.92 Å².